The molecular formula is C23H44O2Si. The van der Waals surface area contributed by atoms with Gasteiger partial charge >= 0.3 is 0 Å². The fraction of sp³-hybridized carbons (Fsp3) is 0.913. The quantitative estimate of drug-likeness (QED) is 0.460. The van der Waals surface area contributed by atoms with Crippen molar-refractivity contribution < 1.29 is 9.53 Å². The normalized spacial score (nSPS) is 39.6. The van der Waals surface area contributed by atoms with E-state index in [1.54, 1.807) is 0 Å². The van der Waals surface area contributed by atoms with Gasteiger partial charge in [0, 0.05) is 6.61 Å². The molecule has 26 heavy (non-hydrogen) atoms. The van der Waals surface area contributed by atoms with Crippen LogP contribution < -0.4 is 0 Å². The van der Waals surface area contributed by atoms with E-state index in [2.05, 4.69) is 67.6 Å². The molecule has 0 aromatic heterocycles. The summed E-state index contributed by atoms with van der Waals surface area (Å²) in [5.41, 5.74) is 1.52. The van der Waals surface area contributed by atoms with Gasteiger partial charge < -0.3 is 9.53 Å². The summed E-state index contributed by atoms with van der Waals surface area (Å²) < 4.78 is 6.77. The number of hydrogen-bond donors (Lipinski definition) is 1. The monoisotopic (exact) mass is 380 g/mol. The Kier molecular flexibility index (Phi) is 6.90. The first-order chi connectivity index (χ1) is 11.9. The van der Waals surface area contributed by atoms with Gasteiger partial charge in [-0.15, -0.1) is 0 Å². The first kappa shape index (κ1) is 22.2. The van der Waals surface area contributed by atoms with Crippen molar-refractivity contribution in [2.45, 2.75) is 92.0 Å². The number of aliphatic hydroxyl groups is 1. The molecule has 0 radical (unpaired) electrons. The Labute approximate surface area is 163 Å². The van der Waals surface area contributed by atoms with E-state index in [4.69, 9.17) is 4.43 Å². The molecule has 7 atom stereocenters. The lowest BCUT2D eigenvalue weighted by atomic mass is 9.53. The highest BCUT2D eigenvalue weighted by Crippen LogP contribution is 2.53. The van der Waals surface area contributed by atoms with E-state index >= 15 is 0 Å². The molecule has 1 N–H and O–H groups in total. The molecule has 0 heterocycles. The van der Waals surface area contributed by atoms with Gasteiger partial charge in [-0.25, -0.2) is 0 Å². The number of fused-ring (bicyclic) bond motifs is 1. The van der Waals surface area contributed by atoms with Crippen LogP contribution in [-0.4, -0.2) is 26.1 Å². The van der Waals surface area contributed by atoms with E-state index in [1.165, 1.54) is 12.0 Å². The average molecular weight is 381 g/mol. The zero-order valence-electron chi connectivity index (χ0n) is 18.8. The van der Waals surface area contributed by atoms with Crippen molar-refractivity contribution in [3.05, 3.63) is 11.6 Å². The highest BCUT2D eigenvalue weighted by molar-refractivity contribution is 6.74. The Balaban J connectivity index is 2.33. The molecule has 0 aromatic carbocycles. The highest BCUT2D eigenvalue weighted by Gasteiger charge is 2.50. The summed E-state index contributed by atoms with van der Waals surface area (Å²) in [4.78, 5) is 0. The molecule has 1 unspecified atom stereocenters. The van der Waals surface area contributed by atoms with Crippen LogP contribution in [0, 0.1) is 35.5 Å². The molecule has 2 aliphatic rings. The van der Waals surface area contributed by atoms with E-state index in [0.29, 0.717) is 35.5 Å². The fourth-order valence-electron chi connectivity index (χ4n) is 5.52. The minimum atomic E-state index is -1.76. The van der Waals surface area contributed by atoms with Gasteiger partial charge in [0.2, 0.25) is 0 Å². The summed E-state index contributed by atoms with van der Waals surface area (Å²) in [5.74, 6) is 3.51. The minimum absolute atomic E-state index is 0.110. The third-order valence-electron chi connectivity index (χ3n) is 8.20. The van der Waals surface area contributed by atoms with Gasteiger partial charge in [-0.2, -0.15) is 0 Å². The molecule has 152 valence electrons. The van der Waals surface area contributed by atoms with Crippen molar-refractivity contribution >= 4 is 8.32 Å². The smallest absolute Gasteiger partial charge is 0.191 e. The van der Waals surface area contributed by atoms with Gasteiger partial charge in [0.05, 0.1) is 6.10 Å². The lowest BCUT2D eigenvalue weighted by Crippen LogP contribution is -2.52. The summed E-state index contributed by atoms with van der Waals surface area (Å²) in [5, 5.41) is 11.0. The largest absolute Gasteiger partial charge is 0.417 e. The molecule has 3 heteroatoms. The Morgan fingerprint density at radius 2 is 1.77 bits per heavy atom. The number of aliphatic hydroxyl groups excluding tert-OH is 1. The van der Waals surface area contributed by atoms with Crippen molar-refractivity contribution in [1.82, 2.24) is 0 Å². The Bertz CT molecular complexity index is 505. The molecule has 0 amide bonds. The summed E-state index contributed by atoms with van der Waals surface area (Å²) >= 11 is 0. The molecule has 0 spiro atoms. The molecular weight excluding hydrogens is 336 g/mol. The summed E-state index contributed by atoms with van der Waals surface area (Å²) in [6.07, 6.45) is 5.52. The van der Waals surface area contributed by atoms with Crippen molar-refractivity contribution in [2.24, 2.45) is 35.5 Å². The van der Waals surface area contributed by atoms with Crippen LogP contribution in [0.3, 0.4) is 0 Å². The van der Waals surface area contributed by atoms with Crippen LogP contribution in [0.15, 0.2) is 11.6 Å². The van der Waals surface area contributed by atoms with E-state index in [0.717, 1.165) is 19.4 Å². The van der Waals surface area contributed by atoms with Crippen LogP contribution in [0.1, 0.15) is 67.7 Å². The third kappa shape index (κ3) is 4.30. The lowest BCUT2D eigenvalue weighted by molar-refractivity contribution is -0.0849. The maximum Gasteiger partial charge on any atom is 0.191 e. The van der Waals surface area contributed by atoms with Gasteiger partial charge in [0.1, 0.15) is 0 Å². The average Bonchev–Trinajstić information content (AvgIpc) is 2.54. The Morgan fingerprint density at radius 3 is 2.31 bits per heavy atom. The predicted molar refractivity (Wildman–Crippen MR) is 115 cm³/mol. The van der Waals surface area contributed by atoms with Crippen LogP contribution in [0.4, 0.5) is 0 Å². The second-order valence-electron chi connectivity index (χ2n) is 10.9. The van der Waals surface area contributed by atoms with Gasteiger partial charge in [0.25, 0.3) is 0 Å². The molecule has 0 bridgehead atoms. The van der Waals surface area contributed by atoms with E-state index in [-0.39, 0.29) is 11.1 Å². The predicted octanol–water partition coefficient (Wildman–Crippen LogP) is 6.27. The maximum absolute atomic E-state index is 10.8. The van der Waals surface area contributed by atoms with Crippen molar-refractivity contribution in [1.29, 1.82) is 0 Å². The van der Waals surface area contributed by atoms with Crippen LogP contribution in [0.5, 0.6) is 0 Å². The third-order valence-corrected chi connectivity index (χ3v) is 12.7. The van der Waals surface area contributed by atoms with Crippen molar-refractivity contribution in [2.75, 3.05) is 6.61 Å². The summed E-state index contributed by atoms with van der Waals surface area (Å²) in [6.45, 7) is 21.9. The van der Waals surface area contributed by atoms with Crippen molar-refractivity contribution in [3.63, 3.8) is 0 Å². The molecule has 2 saturated carbocycles. The summed E-state index contributed by atoms with van der Waals surface area (Å²) in [6, 6.07) is 0. The van der Waals surface area contributed by atoms with Gasteiger partial charge in [-0.3, -0.25) is 0 Å². The van der Waals surface area contributed by atoms with E-state index in [1.807, 2.05) is 0 Å². The topological polar surface area (TPSA) is 29.5 Å². The van der Waals surface area contributed by atoms with Crippen LogP contribution >= 0.6 is 0 Å². The molecule has 2 aliphatic carbocycles. The Hall–Kier alpha value is -0.123. The molecule has 2 fully saturated rings. The zero-order valence-corrected chi connectivity index (χ0v) is 19.8. The lowest BCUT2D eigenvalue weighted by Gasteiger charge is -2.54. The number of allylic oxidation sites excluding steroid dienone is 2. The zero-order chi connectivity index (χ0) is 19.9. The van der Waals surface area contributed by atoms with Gasteiger partial charge in [-0.05, 0) is 86.7 Å². The van der Waals surface area contributed by atoms with E-state index in [9.17, 15) is 5.11 Å². The second-order valence-corrected chi connectivity index (χ2v) is 15.7. The number of hydrogen-bond acceptors (Lipinski definition) is 2. The molecule has 2 rings (SSSR count). The Morgan fingerprint density at radius 1 is 1.15 bits per heavy atom. The fourth-order valence-corrected chi connectivity index (χ4v) is 6.57. The standard InChI is InChI=1S/C23H44O2Si/c1-10-15(2)21-17(4)13-18-20(24)12-11-16(3)22(18)19(21)14-25-26(8,9)23(5,6)7/h10,16-22,24H,11-14H2,1-9H3/b15-10-/t16-,17-,18-,19+,20-,21?,22+/m0/s1. The van der Waals surface area contributed by atoms with Gasteiger partial charge in [0.15, 0.2) is 8.32 Å². The first-order valence-electron chi connectivity index (χ1n) is 10.9. The van der Waals surface area contributed by atoms with Crippen LogP contribution in [0.2, 0.25) is 18.1 Å². The molecule has 0 saturated heterocycles. The van der Waals surface area contributed by atoms with Crippen molar-refractivity contribution in [3.8, 4) is 0 Å². The molecule has 0 aromatic rings. The molecule has 2 nitrogen and oxygen atoms in total. The highest BCUT2D eigenvalue weighted by atomic mass is 28.4. The van der Waals surface area contributed by atoms with Crippen LogP contribution in [-0.2, 0) is 4.43 Å². The minimum Gasteiger partial charge on any atom is -0.417 e. The molecule has 0 aliphatic heterocycles. The van der Waals surface area contributed by atoms with E-state index < -0.39 is 8.32 Å². The number of rotatable bonds is 4. The maximum atomic E-state index is 10.8. The summed E-state index contributed by atoms with van der Waals surface area (Å²) in [7, 11) is -1.76. The first-order valence-corrected chi connectivity index (χ1v) is 13.8. The SMILES string of the molecule is C/C=C(/C)C1[C@@H](CO[Si](C)(C)C(C)(C)C)[C@H]2[C@@H](C[C@@H]1C)[C@@H](O)CC[C@@H]2C. The van der Waals surface area contributed by atoms with Crippen LogP contribution in [0.25, 0.3) is 0 Å². The van der Waals surface area contributed by atoms with Gasteiger partial charge in [-0.1, -0.05) is 46.3 Å². The second kappa shape index (κ2) is 8.09.